The second-order valence-corrected chi connectivity index (χ2v) is 8.32. The van der Waals surface area contributed by atoms with Crippen molar-refractivity contribution in [1.29, 1.82) is 0 Å². The molecule has 7 nitrogen and oxygen atoms in total. The summed E-state index contributed by atoms with van der Waals surface area (Å²) in [6.45, 7) is -0.221. The van der Waals surface area contributed by atoms with E-state index in [1.165, 1.54) is 30.1 Å². The minimum absolute atomic E-state index is 0.0807. The first-order valence-electron chi connectivity index (χ1n) is 9.22. The molecule has 11 heteroatoms. The number of hydrogen-bond acceptors (Lipinski definition) is 5. The average molecular weight is 495 g/mol. The number of benzene rings is 2. The zero-order chi connectivity index (χ0) is 23.3. The van der Waals surface area contributed by atoms with Gasteiger partial charge in [-0.15, -0.1) is 11.3 Å². The largest absolute Gasteiger partial charge is 0.336 e. The Hall–Kier alpha value is -3.01. The van der Waals surface area contributed by atoms with Crippen LogP contribution < -0.4 is 10.6 Å². The van der Waals surface area contributed by atoms with Crippen molar-refractivity contribution in [2.75, 3.05) is 24.2 Å². The number of para-hydroxylation sites is 1. The third kappa shape index (κ3) is 6.03. The molecule has 3 rings (SSSR count). The van der Waals surface area contributed by atoms with E-state index in [-0.39, 0.29) is 45.3 Å². The van der Waals surface area contributed by atoms with E-state index in [2.05, 4.69) is 15.6 Å². The Morgan fingerprint density at radius 3 is 2.44 bits per heavy atom. The summed E-state index contributed by atoms with van der Waals surface area (Å²) in [5, 5.41) is 7.50. The lowest BCUT2D eigenvalue weighted by Gasteiger charge is -2.17. The van der Waals surface area contributed by atoms with Crippen molar-refractivity contribution < 1.29 is 18.8 Å². The Morgan fingerprint density at radius 1 is 1.06 bits per heavy atom. The number of thiazole rings is 1. The smallest absolute Gasteiger partial charge is 0.260 e. The molecule has 0 aliphatic carbocycles. The van der Waals surface area contributed by atoms with Crippen molar-refractivity contribution in [3.63, 3.8) is 0 Å². The van der Waals surface area contributed by atoms with E-state index in [0.717, 1.165) is 11.3 Å². The molecule has 0 bridgehead atoms. The molecule has 0 aliphatic rings. The molecule has 1 heterocycles. The van der Waals surface area contributed by atoms with Crippen molar-refractivity contribution in [2.45, 2.75) is 6.42 Å². The van der Waals surface area contributed by atoms with Gasteiger partial charge in [0.2, 0.25) is 11.8 Å². The van der Waals surface area contributed by atoms with Crippen LogP contribution in [0.2, 0.25) is 10.0 Å². The van der Waals surface area contributed by atoms with Gasteiger partial charge in [-0.25, -0.2) is 9.37 Å². The number of likely N-dealkylation sites (N-methyl/N-ethyl adjacent to an activating group) is 1. The molecule has 3 aromatic rings. The average Bonchev–Trinajstić information content (AvgIpc) is 3.17. The van der Waals surface area contributed by atoms with E-state index in [0.29, 0.717) is 5.69 Å². The summed E-state index contributed by atoms with van der Waals surface area (Å²) in [7, 11) is 1.48. The summed E-state index contributed by atoms with van der Waals surface area (Å²) in [6, 6.07) is 10.4. The number of carbonyl (C=O) groups excluding carboxylic acids is 3. The van der Waals surface area contributed by atoms with Crippen molar-refractivity contribution in [3.8, 4) is 0 Å². The van der Waals surface area contributed by atoms with Crippen LogP contribution in [-0.4, -0.2) is 41.2 Å². The lowest BCUT2D eigenvalue weighted by molar-refractivity contribution is -0.132. The molecule has 1 aromatic heterocycles. The van der Waals surface area contributed by atoms with Gasteiger partial charge in [0.15, 0.2) is 5.13 Å². The van der Waals surface area contributed by atoms with E-state index >= 15 is 0 Å². The van der Waals surface area contributed by atoms with Gasteiger partial charge in [-0.05, 0) is 24.3 Å². The van der Waals surface area contributed by atoms with E-state index in [1.54, 1.807) is 29.6 Å². The van der Waals surface area contributed by atoms with Crippen LogP contribution in [0.3, 0.4) is 0 Å². The van der Waals surface area contributed by atoms with Gasteiger partial charge in [-0.2, -0.15) is 0 Å². The Bertz CT molecular complexity index is 1150. The van der Waals surface area contributed by atoms with Gasteiger partial charge >= 0.3 is 0 Å². The predicted octanol–water partition coefficient (Wildman–Crippen LogP) is 4.48. The summed E-state index contributed by atoms with van der Waals surface area (Å²) >= 11 is 13.2. The molecule has 3 amide bonds. The molecule has 0 atom stereocenters. The Kier molecular flexibility index (Phi) is 7.79. The maximum atomic E-state index is 13.7. The number of halogens is 3. The zero-order valence-electron chi connectivity index (χ0n) is 16.7. The molecule has 0 fully saturated rings. The van der Waals surface area contributed by atoms with Crippen LogP contribution in [0.15, 0.2) is 47.8 Å². The first kappa shape index (κ1) is 23.6. The van der Waals surface area contributed by atoms with Gasteiger partial charge in [0, 0.05) is 12.4 Å². The van der Waals surface area contributed by atoms with Crippen LogP contribution >= 0.6 is 34.5 Å². The third-order valence-electron chi connectivity index (χ3n) is 4.26. The maximum absolute atomic E-state index is 13.7. The molecule has 2 aromatic carbocycles. The molecule has 0 spiro atoms. The summed E-state index contributed by atoms with van der Waals surface area (Å²) in [4.78, 5) is 42.3. The Morgan fingerprint density at radius 2 is 1.75 bits per heavy atom. The number of rotatable bonds is 7. The lowest BCUT2D eigenvalue weighted by Crippen LogP contribution is -2.36. The number of amides is 3. The van der Waals surface area contributed by atoms with Gasteiger partial charge in [0.1, 0.15) is 5.82 Å². The van der Waals surface area contributed by atoms with Gasteiger partial charge in [0.25, 0.3) is 5.91 Å². The third-order valence-corrected chi connectivity index (χ3v) is 5.69. The summed E-state index contributed by atoms with van der Waals surface area (Å²) in [6.07, 6.45) is -0.0807. The number of nitrogens with zero attached hydrogens (tertiary/aromatic N) is 2. The van der Waals surface area contributed by atoms with Crippen LogP contribution in [0.5, 0.6) is 0 Å². The van der Waals surface area contributed by atoms with E-state index in [4.69, 9.17) is 23.2 Å². The summed E-state index contributed by atoms with van der Waals surface area (Å²) in [5.41, 5.74) is 0.575. The highest BCUT2D eigenvalue weighted by molar-refractivity contribution is 7.14. The maximum Gasteiger partial charge on any atom is 0.260 e. The first-order chi connectivity index (χ1) is 15.2. The molecule has 2 N–H and O–H groups in total. The second-order valence-electron chi connectivity index (χ2n) is 6.65. The molecule has 32 heavy (non-hydrogen) atoms. The van der Waals surface area contributed by atoms with Gasteiger partial charge in [-0.1, -0.05) is 41.4 Å². The molecule has 0 saturated heterocycles. The number of hydrogen-bond donors (Lipinski definition) is 2. The fraction of sp³-hybridized carbons (Fsp3) is 0.143. The second kappa shape index (κ2) is 10.5. The van der Waals surface area contributed by atoms with Crippen molar-refractivity contribution in [1.82, 2.24) is 9.88 Å². The van der Waals surface area contributed by atoms with Gasteiger partial charge < -0.3 is 10.2 Å². The summed E-state index contributed by atoms with van der Waals surface area (Å²) < 4.78 is 13.7. The predicted molar refractivity (Wildman–Crippen MR) is 123 cm³/mol. The van der Waals surface area contributed by atoms with Crippen molar-refractivity contribution in [2.24, 2.45) is 0 Å². The lowest BCUT2D eigenvalue weighted by atomic mass is 10.2. The first-order valence-corrected chi connectivity index (χ1v) is 10.9. The number of anilines is 2. The molecule has 0 unspecified atom stereocenters. The van der Waals surface area contributed by atoms with Crippen LogP contribution in [0.25, 0.3) is 0 Å². The quantitative estimate of drug-likeness (QED) is 0.506. The van der Waals surface area contributed by atoms with E-state index in [9.17, 15) is 18.8 Å². The molecule has 0 aliphatic heterocycles. The highest BCUT2D eigenvalue weighted by Crippen LogP contribution is 2.29. The zero-order valence-corrected chi connectivity index (χ0v) is 19.0. The molecule has 166 valence electrons. The van der Waals surface area contributed by atoms with Crippen LogP contribution in [0, 0.1) is 5.82 Å². The number of nitrogens with one attached hydrogen (secondary N) is 2. The number of carbonyl (C=O) groups is 3. The van der Waals surface area contributed by atoms with Crippen LogP contribution in [-0.2, 0) is 16.0 Å². The standard InChI is InChI=1S/C21H17Cl2FN4O3S/c1-28(10-17(29)26-19-14(22)6-4-7-15(19)23)18(30)9-12-11-32-21(25-12)27-20(31)13-5-2-3-8-16(13)24/h2-8,11H,9-10H2,1H3,(H,26,29)(H,25,27,31). The molecular weight excluding hydrogens is 478 g/mol. The minimum Gasteiger partial charge on any atom is -0.336 e. The van der Waals surface area contributed by atoms with Crippen LogP contribution in [0.1, 0.15) is 16.1 Å². The minimum atomic E-state index is -0.644. The van der Waals surface area contributed by atoms with E-state index in [1.807, 2.05) is 0 Å². The number of aromatic nitrogens is 1. The topological polar surface area (TPSA) is 91.4 Å². The highest BCUT2D eigenvalue weighted by atomic mass is 35.5. The Labute approximate surface area is 197 Å². The highest BCUT2D eigenvalue weighted by Gasteiger charge is 2.18. The fourth-order valence-corrected chi connectivity index (χ4v) is 3.84. The van der Waals surface area contributed by atoms with Crippen LogP contribution in [0.4, 0.5) is 15.2 Å². The van der Waals surface area contributed by atoms with Crippen molar-refractivity contribution >= 4 is 63.1 Å². The summed E-state index contributed by atoms with van der Waals surface area (Å²) in [5.74, 6) is -2.10. The van der Waals surface area contributed by atoms with E-state index < -0.39 is 17.6 Å². The Balaban J connectivity index is 1.54. The normalized spacial score (nSPS) is 10.5. The van der Waals surface area contributed by atoms with Gasteiger partial charge in [0.05, 0.1) is 40.0 Å². The monoisotopic (exact) mass is 494 g/mol. The SMILES string of the molecule is CN(CC(=O)Nc1c(Cl)cccc1Cl)C(=O)Cc1csc(NC(=O)c2ccccc2F)n1. The molecule has 0 saturated carbocycles. The van der Waals surface area contributed by atoms with Crippen molar-refractivity contribution in [3.05, 3.63) is 75.0 Å². The molecular formula is C21H17Cl2FN4O3S. The van der Waals surface area contributed by atoms with Gasteiger partial charge in [-0.3, -0.25) is 19.7 Å². The molecule has 0 radical (unpaired) electrons. The fourth-order valence-electron chi connectivity index (χ4n) is 2.65.